The second-order valence-electron chi connectivity index (χ2n) is 5.35. The molecule has 4 nitrogen and oxygen atoms in total. The summed E-state index contributed by atoms with van der Waals surface area (Å²) >= 11 is 0. The molecule has 0 aliphatic heterocycles. The van der Waals surface area contributed by atoms with Crippen LogP contribution in [-0.4, -0.2) is 9.78 Å². The van der Waals surface area contributed by atoms with Crippen molar-refractivity contribution in [2.24, 2.45) is 11.7 Å². The normalized spacial score (nSPS) is 13.4. The van der Waals surface area contributed by atoms with Gasteiger partial charge in [0, 0.05) is 18.2 Å². The van der Waals surface area contributed by atoms with E-state index < -0.39 is 0 Å². The number of nitrogens with two attached hydrogens (primary N) is 1. The first-order valence-corrected chi connectivity index (χ1v) is 6.20. The maximum atomic E-state index is 12.1. The van der Waals surface area contributed by atoms with Gasteiger partial charge < -0.3 is 5.73 Å². The number of nitrogens with zero attached hydrogens (tertiary/aromatic N) is 2. The molecule has 0 radical (unpaired) electrons. The highest BCUT2D eigenvalue weighted by Gasteiger charge is 2.14. The molecule has 17 heavy (non-hydrogen) atoms. The molecule has 0 saturated carbocycles. The van der Waals surface area contributed by atoms with Crippen LogP contribution in [0.3, 0.4) is 0 Å². The predicted molar refractivity (Wildman–Crippen MR) is 70.0 cm³/mol. The van der Waals surface area contributed by atoms with Crippen molar-refractivity contribution in [3.8, 4) is 0 Å². The first-order valence-electron chi connectivity index (χ1n) is 6.20. The Hall–Kier alpha value is -1.16. The second kappa shape index (κ2) is 5.45. The van der Waals surface area contributed by atoms with Crippen molar-refractivity contribution in [2.75, 3.05) is 0 Å². The SMILES string of the molecule is CC(C)Cn1nc(C(C)C)cc(C(C)N)c1=O. The quantitative estimate of drug-likeness (QED) is 0.871. The highest BCUT2D eigenvalue weighted by Crippen LogP contribution is 2.14. The molecular weight excluding hydrogens is 214 g/mol. The van der Waals surface area contributed by atoms with Gasteiger partial charge in [-0.25, -0.2) is 4.68 Å². The molecule has 96 valence electrons. The molecule has 1 heterocycles. The number of rotatable bonds is 4. The Labute approximate surface area is 103 Å². The third-order valence-corrected chi connectivity index (χ3v) is 2.64. The second-order valence-corrected chi connectivity index (χ2v) is 5.35. The average molecular weight is 237 g/mol. The van der Waals surface area contributed by atoms with Crippen LogP contribution in [0.2, 0.25) is 0 Å². The maximum Gasteiger partial charge on any atom is 0.271 e. The summed E-state index contributed by atoms with van der Waals surface area (Å²) in [6, 6.07) is 1.59. The molecule has 4 heteroatoms. The third-order valence-electron chi connectivity index (χ3n) is 2.64. The van der Waals surface area contributed by atoms with E-state index in [1.165, 1.54) is 0 Å². The van der Waals surface area contributed by atoms with Crippen molar-refractivity contribution < 1.29 is 0 Å². The van der Waals surface area contributed by atoms with Crippen LogP contribution in [0.25, 0.3) is 0 Å². The van der Waals surface area contributed by atoms with Gasteiger partial charge in [-0.3, -0.25) is 4.79 Å². The van der Waals surface area contributed by atoms with Crippen LogP contribution in [0.15, 0.2) is 10.9 Å². The topological polar surface area (TPSA) is 60.9 Å². The molecule has 0 bridgehead atoms. The molecule has 0 amide bonds. The Morgan fingerprint density at radius 1 is 1.29 bits per heavy atom. The van der Waals surface area contributed by atoms with Gasteiger partial charge in [0.1, 0.15) is 0 Å². The lowest BCUT2D eigenvalue weighted by molar-refractivity contribution is 0.450. The van der Waals surface area contributed by atoms with Gasteiger partial charge in [0.05, 0.1) is 5.69 Å². The van der Waals surface area contributed by atoms with Gasteiger partial charge in [0.2, 0.25) is 0 Å². The van der Waals surface area contributed by atoms with E-state index >= 15 is 0 Å². The summed E-state index contributed by atoms with van der Waals surface area (Å²) in [5.41, 5.74) is 7.37. The Bertz CT molecular complexity index is 433. The molecule has 0 aromatic carbocycles. The third kappa shape index (κ3) is 3.40. The minimum absolute atomic E-state index is 0.0573. The Morgan fingerprint density at radius 2 is 1.88 bits per heavy atom. The minimum atomic E-state index is -0.249. The lowest BCUT2D eigenvalue weighted by Gasteiger charge is -2.15. The monoisotopic (exact) mass is 237 g/mol. The number of hydrogen-bond donors (Lipinski definition) is 1. The summed E-state index contributed by atoms with van der Waals surface area (Å²) in [6.07, 6.45) is 0. The van der Waals surface area contributed by atoms with E-state index in [9.17, 15) is 4.79 Å². The lowest BCUT2D eigenvalue weighted by atomic mass is 10.1. The molecular formula is C13H23N3O. The largest absolute Gasteiger partial charge is 0.324 e. The van der Waals surface area contributed by atoms with Gasteiger partial charge in [0.25, 0.3) is 5.56 Å². The Morgan fingerprint density at radius 3 is 2.29 bits per heavy atom. The summed E-state index contributed by atoms with van der Waals surface area (Å²) in [5, 5.41) is 4.40. The van der Waals surface area contributed by atoms with E-state index in [1.807, 2.05) is 13.0 Å². The Balaban J connectivity index is 3.33. The van der Waals surface area contributed by atoms with Gasteiger partial charge in [0.15, 0.2) is 0 Å². The first kappa shape index (κ1) is 13.9. The predicted octanol–water partition coefficient (Wildman–Crippen LogP) is 2.04. The van der Waals surface area contributed by atoms with Crippen LogP contribution >= 0.6 is 0 Å². The van der Waals surface area contributed by atoms with Crippen molar-refractivity contribution in [3.05, 3.63) is 27.7 Å². The molecule has 1 unspecified atom stereocenters. The van der Waals surface area contributed by atoms with Gasteiger partial charge in [-0.1, -0.05) is 27.7 Å². The summed E-state index contributed by atoms with van der Waals surface area (Å²) in [7, 11) is 0. The van der Waals surface area contributed by atoms with Crippen LogP contribution in [-0.2, 0) is 6.54 Å². The summed E-state index contributed by atoms with van der Waals surface area (Å²) < 4.78 is 1.55. The van der Waals surface area contributed by atoms with Crippen LogP contribution in [0.1, 0.15) is 57.8 Å². The van der Waals surface area contributed by atoms with Crippen molar-refractivity contribution in [3.63, 3.8) is 0 Å². The molecule has 0 saturated heterocycles. The van der Waals surface area contributed by atoms with Crippen molar-refractivity contribution in [1.29, 1.82) is 0 Å². The Kier molecular flexibility index (Phi) is 4.46. The molecule has 0 aliphatic rings. The van der Waals surface area contributed by atoms with Crippen LogP contribution in [0, 0.1) is 5.92 Å². The molecule has 0 fully saturated rings. The van der Waals surface area contributed by atoms with E-state index in [1.54, 1.807) is 4.68 Å². The van der Waals surface area contributed by atoms with Gasteiger partial charge in [-0.15, -0.1) is 0 Å². The molecule has 1 atom stereocenters. The van der Waals surface area contributed by atoms with Crippen LogP contribution < -0.4 is 11.3 Å². The molecule has 1 rings (SSSR count). The maximum absolute atomic E-state index is 12.1. The van der Waals surface area contributed by atoms with Crippen molar-refractivity contribution >= 4 is 0 Å². The summed E-state index contributed by atoms with van der Waals surface area (Å²) in [6.45, 7) is 10.7. The minimum Gasteiger partial charge on any atom is -0.324 e. The highest BCUT2D eigenvalue weighted by molar-refractivity contribution is 5.18. The standard InChI is InChI=1S/C13H23N3O/c1-8(2)7-16-13(17)11(10(5)14)6-12(15-16)9(3)4/h6,8-10H,7,14H2,1-5H3. The van der Waals surface area contributed by atoms with Crippen molar-refractivity contribution in [1.82, 2.24) is 9.78 Å². The van der Waals surface area contributed by atoms with E-state index in [0.717, 1.165) is 5.69 Å². The number of hydrogen-bond acceptors (Lipinski definition) is 3. The van der Waals surface area contributed by atoms with Gasteiger partial charge >= 0.3 is 0 Å². The zero-order valence-electron chi connectivity index (χ0n) is 11.4. The summed E-state index contributed by atoms with van der Waals surface area (Å²) in [5.74, 6) is 0.690. The zero-order chi connectivity index (χ0) is 13.2. The summed E-state index contributed by atoms with van der Waals surface area (Å²) in [4.78, 5) is 12.1. The zero-order valence-corrected chi connectivity index (χ0v) is 11.4. The smallest absolute Gasteiger partial charge is 0.271 e. The van der Waals surface area contributed by atoms with E-state index in [-0.39, 0.29) is 11.6 Å². The molecule has 0 aliphatic carbocycles. The van der Waals surface area contributed by atoms with Crippen LogP contribution in [0.4, 0.5) is 0 Å². The molecule has 2 N–H and O–H groups in total. The van der Waals surface area contributed by atoms with Gasteiger partial charge in [-0.2, -0.15) is 5.10 Å². The average Bonchev–Trinajstić information content (AvgIpc) is 2.19. The van der Waals surface area contributed by atoms with Crippen molar-refractivity contribution in [2.45, 2.75) is 53.1 Å². The van der Waals surface area contributed by atoms with Crippen LogP contribution in [0.5, 0.6) is 0 Å². The fourth-order valence-corrected chi connectivity index (χ4v) is 1.66. The molecule has 1 aromatic heterocycles. The number of aromatic nitrogens is 2. The lowest BCUT2D eigenvalue weighted by Crippen LogP contribution is -2.31. The molecule has 1 aromatic rings. The van der Waals surface area contributed by atoms with E-state index in [4.69, 9.17) is 5.73 Å². The fraction of sp³-hybridized carbons (Fsp3) is 0.692. The molecule has 0 spiro atoms. The van der Waals surface area contributed by atoms with Gasteiger partial charge in [-0.05, 0) is 24.8 Å². The van der Waals surface area contributed by atoms with E-state index in [2.05, 4.69) is 32.8 Å². The first-order chi connectivity index (χ1) is 7.82. The van der Waals surface area contributed by atoms with E-state index in [0.29, 0.717) is 23.9 Å². The fourth-order valence-electron chi connectivity index (χ4n) is 1.66. The highest BCUT2D eigenvalue weighted by atomic mass is 16.1.